The van der Waals surface area contributed by atoms with Gasteiger partial charge < -0.3 is 5.32 Å². The van der Waals surface area contributed by atoms with E-state index in [9.17, 15) is 9.59 Å². The van der Waals surface area contributed by atoms with Gasteiger partial charge in [-0.15, -0.1) is 0 Å². The third-order valence-corrected chi connectivity index (χ3v) is 4.10. The number of benzene rings is 1. The summed E-state index contributed by atoms with van der Waals surface area (Å²) in [5.74, 6) is -0.305. The van der Waals surface area contributed by atoms with Crippen LogP contribution in [-0.2, 0) is 11.3 Å². The molecule has 122 valence electrons. The van der Waals surface area contributed by atoms with Gasteiger partial charge in [-0.2, -0.15) is 5.10 Å². The number of halogens is 2. The van der Waals surface area contributed by atoms with E-state index >= 15 is 0 Å². The molecule has 0 radical (unpaired) electrons. The van der Waals surface area contributed by atoms with Gasteiger partial charge in [0.15, 0.2) is 0 Å². The van der Waals surface area contributed by atoms with Crippen molar-refractivity contribution in [2.24, 2.45) is 0 Å². The maximum Gasteiger partial charge on any atom is 0.287 e. The van der Waals surface area contributed by atoms with Crippen LogP contribution in [-0.4, -0.2) is 15.7 Å². The van der Waals surface area contributed by atoms with Crippen LogP contribution in [0.25, 0.3) is 0 Å². The molecule has 1 unspecified atom stereocenters. The number of carbonyl (C=O) groups excluding carboxylic acids is 1. The van der Waals surface area contributed by atoms with Gasteiger partial charge in [0.2, 0.25) is 5.91 Å². The molecule has 7 heteroatoms. The van der Waals surface area contributed by atoms with Crippen molar-refractivity contribution in [1.82, 2.24) is 15.1 Å². The Morgan fingerprint density at radius 2 is 2.00 bits per heavy atom. The zero-order valence-corrected chi connectivity index (χ0v) is 14.1. The molecule has 1 heterocycles. The maximum atomic E-state index is 12.2. The lowest BCUT2D eigenvalue weighted by molar-refractivity contribution is -0.122. The van der Waals surface area contributed by atoms with Crippen LogP contribution in [0.2, 0.25) is 10.0 Å². The molecule has 1 amide bonds. The summed E-state index contributed by atoms with van der Waals surface area (Å²) in [5.41, 5.74) is 0.443. The number of aromatic nitrogens is 2. The number of nitrogens with one attached hydrogen (secondary N) is 1. The summed E-state index contributed by atoms with van der Waals surface area (Å²) < 4.78 is 0.998. The minimum absolute atomic E-state index is 0.0708. The van der Waals surface area contributed by atoms with E-state index in [1.165, 1.54) is 6.20 Å². The molecular formula is C16H17Cl2N3O2. The van der Waals surface area contributed by atoms with Gasteiger partial charge in [-0.3, -0.25) is 9.59 Å². The quantitative estimate of drug-likeness (QED) is 0.866. The molecule has 0 aliphatic rings. The van der Waals surface area contributed by atoms with Crippen LogP contribution in [0.4, 0.5) is 0 Å². The molecule has 0 saturated carbocycles. The van der Waals surface area contributed by atoms with Gasteiger partial charge in [0, 0.05) is 0 Å². The molecular weight excluding hydrogens is 337 g/mol. The fraction of sp³-hybridized carbons (Fsp3) is 0.312. The van der Waals surface area contributed by atoms with Gasteiger partial charge in [-0.1, -0.05) is 66.9 Å². The fourth-order valence-electron chi connectivity index (χ4n) is 2.23. The Kier molecular flexibility index (Phi) is 6.19. The third kappa shape index (κ3) is 4.56. The number of hydrogen-bond acceptors (Lipinski definition) is 3. The van der Waals surface area contributed by atoms with Crippen LogP contribution in [0.3, 0.4) is 0 Å². The summed E-state index contributed by atoms with van der Waals surface area (Å²) in [6.07, 6.45) is 2.98. The highest BCUT2D eigenvalue weighted by molar-refractivity contribution is 6.41. The van der Waals surface area contributed by atoms with E-state index in [1.54, 1.807) is 0 Å². The first-order chi connectivity index (χ1) is 11.0. The topological polar surface area (TPSA) is 64.0 Å². The Morgan fingerprint density at radius 3 is 2.65 bits per heavy atom. The summed E-state index contributed by atoms with van der Waals surface area (Å²) in [7, 11) is 0. The second-order valence-electron chi connectivity index (χ2n) is 5.09. The third-order valence-electron chi connectivity index (χ3n) is 3.35. The SMILES string of the molecule is CCCC(NC(=O)Cn1ncc(Cl)c(Cl)c1=O)c1ccccc1. The van der Waals surface area contributed by atoms with Crippen molar-refractivity contribution < 1.29 is 4.79 Å². The summed E-state index contributed by atoms with van der Waals surface area (Å²) in [5, 5.41) is 6.70. The van der Waals surface area contributed by atoms with Crippen molar-refractivity contribution in [2.75, 3.05) is 0 Å². The van der Waals surface area contributed by atoms with Gasteiger partial charge in [0.25, 0.3) is 5.56 Å². The van der Waals surface area contributed by atoms with E-state index < -0.39 is 5.56 Å². The average Bonchev–Trinajstić information content (AvgIpc) is 2.56. The Morgan fingerprint density at radius 1 is 1.30 bits per heavy atom. The zero-order valence-electron chi connectivity index (χ0n) is 12.6. The maximum absolute atomic E-state index is 12.2. The molecule has 2 rings (SSSR count). The highest BCUT2D eigenvalue weighted by Crippen LogP contribution is 2.18. The van der Waals surface area contributed by atoms with E-state index in [0.717, 1.165) is 23.1 Å². The van der Waals surface area contributed by atoms with Crippen molar-refractivity contribution in [1.29, 1.82) is 0 Å². The monoisotopic (exact) mass is 353 g/mol. The summed E-state index contributed by atoms with van der Waals surface area (Å²) in [4.78, 5) is 24.1. The lowest BCUT2D eigenvalue weighted by atomic mass is 10.0. The molecule has 0 spiro atoms. The van der Waals surface area contributed by atoms with Crippen LogP contribution >= 0.6 is 23.2 Å². The predicted octanol–water partition coefficient (Wildman–Crippen LogP) is 3.21. The Balaban J connectivity index is 2.11. The van der Waals surface area contributed by atoms with Crippen molar-refractivity contribution in [3.8, 4) is 0 Å². The highest BCUT2D eigenvalue weighted by atomic mass is 35.5. The molecule has 2 aromatic rings. The van der Waals surface area contributed by atoms with Gasteiger partial charge in [0.05, 0.1) is 17.3 Å². The lowest BCUT2D eigenvalue weighted by Crippen LogP contribution is -2.35. The Labute approximate surface area is 144 Å². The zero-order chi connectivity index (χ0) is 16.8. The van der Waals surface area contributed by atoms with Gasteiger partial charge in [0.1, 0.15) is 11.6 Å². The first kappa shape index (κ1) is 17.5. The minimum atomic E-state index is -0.582. The van der Waals surface area contributed by atoms with E-state index in [2.05, 4.69) is 10.4 Å². The molecule has 0 bridgehead atoms. The standard InChI is InChI=1S/C16H17Cl2N3O2/c1-2-6-13(11-7-4-3-5-8-11)20-14(22)10-21-16(23)15(18)12(17)9-19-21/h3-5,7-9,13H,2,6,10H2,1H3,(H,20,22). The van der Waals surface area contributed by atoms with Crippen molar-refractivity contribution in [2.45, 2.75) is 32.4 Å². The predicted molar refractivity (Wildman–Crippen MR) is 90.8 cm³/mol. The average molecular weight is 354 g/mol. The van der Waals surface area contributed by atoms with Crippen LogP contribution < -0.4 is 10.9 Å². The van der Waals surface area contributed by atoms with Crippen molar-refractivity contribution in [3.05, 3.63) is 62.5 Å². The second-order valence-corrected chi connectivity index (χ2v) is 5.87. The van der Waals surface area contributed by atoms with Crippen LogP contribution in [0.5, 0.6) is 0 Å². The van der Waals surface area contributed by atoms with E-state index in [1.807, 2.05) is 37.3 Å². The number of carbonyl (C=O) groups is 1. The molecule has 0 aliphatic heterocycles. The van der Waals surface area contributed by atoms with E-state index in [4.69, 9.17) is 23.2 Å². The number of hydrogen-bond donors (Lipinski definition) is 1. The van der Waals surface area contributed by atoms with Crippen molar-refractivity contribution in [3.63, 3.8) is 0 Å². The molecule has 0 saturated heterocycles. The van der Waals surface area contributed by atoms with Crippen molar-refractivity contribution >= 4 is 29.1 Å². The van der Waals surface area contributed by atoms with Gasteiger partial charge >= 0.3 is 0 Å². The molecule has 1 N–H and O–H groups in total. The summed E-state index contributed by atoms with van der Waals surface area (Å²) in [6, 6.07) is 9.60. The van der Waals surface area contributed by atoms with Gasteiger partial charge in [-0.25, -0.2) is 4.68 Å². The molecule has 1 aromatic carbocycles. The molecule has 23 heavy (non-hydrogen) atoms. The minimum Gasteiger partial charge on any atom is -0.348 e. The Bertz CT molecular complexity index is 732. The summed E-state index contributed by atoms with van der Waals surface area (Å²) >= 11 is 11.5. The van der Waals surface area contributed by atoms with Crippen LogP contribution in [0.15, 0.2) is 41.3 Å². The molecule has 5 nitrogen and oxygen atoms in total. The summed E-state index contributed by atoms with van der Waals surface area (Å²) in [6.45, 7) is 1.84. The van der Waals surface area contributed by atoms with Crippen LogP contribution in [0.1, 0.15) is 31.4 Å². The lowest BCUT2D eigenvalue weighted by Gasteiger charge is -2.18. The first-order valence-electron chi connectivity index (χ1n) is 7.28. The van der Waals surface area contributed by atoms with Crippen LogP contribution in [0, 0.1) is 0 Å². The molecule has 0 aliphatic carbocycles. The fourth-order valence-corrected chi connectivity index (χ4v) is 2.50. The second kappa shape index (κ2) is 8.13. The number of rotatable bonds is 6. The number of nitrogens with zero attached hydrogens (tertiary/aromatic N) is 2. The smallest absolute Gasteiger partial charge is 0.287 e. The Hall–Kier alpha value is -1.85. The molecule has 1 atom stereocenters. The molecule has 1 aromatic heterocycles. The van der Waals surface area contributed by atoms with E-state index in [0.29, 0.717) is 0 Å². The largest absolute Gasteiger partial charge is 0.348 e. The normalized spacial score (nSPS) is 12.0. The highest BCUT2D eigenvalue weighted by Gasteiger charge is 2.16. The van der Waals surface area contributed by atoms with E-state index in [-0.39, 0.29) is 28.5 Å². The number of amides is 1. The van der Waals surface area contributed by atoms with Gasteiger partial charge in [-0.05, 0) is 12.0 Å². The molecule has 0 fully saturated rings. The first-order valence-corrected chi connectivity index (χ1v) is 8.04.